The lowest BCUT2D eigenvalue weighted by Crippen LogP contribution is -2.64. The zero-order valence-corrected chi connectivity index (χ0v) is 78.0. The van der Waals surface area contributed by atoms with E-state index in [1.165, 1.54) is 12.1 Å². The van der Waals surface area contributed by atoms with E-state index in [0.717, 1.165) is 22.7 Å². The summed E-state index contributed by atoms with van der Waals surface area (Å²) in [6, 6.07) is 10.7. The van der Waals surface area contributed by atoms with Gasteiger partial charge in [-0.15, -0.1) is 5.48 Å². The summed E-state index contributed by atoms with van der Waals surface area (Å²) in [5.41, 5.74) is 14.0. The van der Waals surface area contributed by atoms with Crippen molar-refractivity contribution in [2.24, 2.45) is 11.5 Å². The van der Waals surface area contributed by atoms with E-state index < -0.39 is 206 Å². The van der Waals surface area contributed by atoms with Crippen LogP contribution in [0, 0.1) is 0 Å². The summed E-state index contributed by atoms with van der Waals surface area (Å²) in [4.78, 5) is 110. The Morgan fingerprint density at radius 3 is 1.59 bits per heavy atom. The number of hydrogen-bond acceptors (Lipinski definition) is 37. The van der Waals surface area contributed by atoms with Gasteiger partial charge in [-0.05, 0) is 115 Å². The lowest BCUT2D eigenvalue weighted by Gasteiger charge is -2.41. The van der Waals surface area contributed by atoms with Crippen molar-refractivity contribution in [3.05, 3.63) is 89.7 Å². The monoisotopic (exact) mass is 1980 g/mol. The van der Waals surface area contributed by atoms with Gasteiger partial charge in [0.25, 0.3) is 30.4 Å². The van der Waals surface area contributed by atoms with Crippen molar-refractivity contribution in [2.75, 3.05) is 128 Å². The number of carbonyl (C=O) groups is 8. The average Bonchev–Trinajstić information content (AvgIpc) is 1.59. The third-order valence-electron chi connectivity index (χ3n) is 23.5. The summed E-state index contributed by atoms with van der Waals surface area (Å²) < 4.78 is 163. The minimum absolute atomic E-state index is 0.00806. The van der Waals surface area contributed by atoms with Gasteiger partial charge in [-0.25, -0.2) is 9.59 Å². The number of nitrogens with two attached hydrogens (primary N) is 2. The van der Waals surface area contributed by atoms with E-state index in [1.807, 2.05) is 73.9 Å². The number of unbranched alkanes of at least 4 members (excludes halogenated alkanes) is 4. The van der Waals surface area contributed by atoms with Crippen LogP contribution in [0.2, 0.25) is 0 Å². The van der Waals surface area contributed by atoms with Gasteiger partial charge in [0.15, 0.2) is 36.8 Å². The molecule has 762 valence electrons. The molecule has 3 saturated heterocycles. The highest BCUT2D eigenvalue weighted by atomic mass is 32.2. The second kappa shape index (κ2) is 55.5. The first kappa shape index (κ1) is 114. The molecule has 50 heteroatoms. The third kappa shape index (κ3) is 35.8. The van der Waals surface area contributed by atoms with Crippen LogP contribution in [0.15, 0.2) is 83.4 Å². The van der Waals surface area contributed by atoms with Crippen LogP contribution in [0.4, 0.5) is 21.0 Å². The Bertz CT molecular complexity index is 4590. The first-order valence-electron chi connectivity index (χ1n) is 44.5. The molecule has 5 aliphatic heterocycles. The molecule has 2 aromatic carbocycles. The topological polar surface area (TPSA) is 711 Å². The van der Waals surface area contributed by atoms with Crippen LogP contribution in [0.1, 0.15) is 147 Å². The lowest BCUT2D eigenvalue weighted by atomic mass is 9.77. The molecule has 47 nitrogen and oxygen atoms in total. The Labute approximate surface area is 782 Å². The van der Waals surface area contributed by atoms with Crippen LogP contribution < -0.4 is 43.1 Å². The number of anilines is 1. The Kier molecular flexibility index (Phi) is 46.7. The molecule has 0 spiro atoms. The molecule has 7 rings (SSSR count). The predicted molar refractivity (Wildman–Crippen MR) is 474 cm³/mol. The number of fused-ring (bicyclic) bond motifs is 2. The average molecular weight is 1980 g/mol. The second-order valence-corrected chi connectivity index (χ2v) is 38.2. The Hall–Kier alpha value is -8.34. The highest BCUT2D eigenvalue weighted by Crippen LogP contribution is 2.51. The minimum atomic E-state index is -4.64. The number of para-hydroxylation sites is 1. The number of primary amides is 2. The number of rotatable bonds is 63. The molecule has 17 atom stereocenters. The molecular weight excluding hydrogens is 1850 g/mol. The molecule has 0 radical (unpaired) electrons. The molecule has 0 saturated carbocycles. The van der Waals surface area contributed by atoms with Gasteiger partial charge >= 0.3 is 18.7 Å². The number of aliphatic hydroxyl groups excluding tert-OH is 9. The number of carbonyl (C=O) groups excluding carboxylic acids is 8. The fraction of sp³-hybridized carbons (Fsp3) is 0.682. The predicted octanol–water partition coefficient (Wildman–Crippen LogP) is -1.96. The molecule has 2 aromatic rings. The summed E-state index contributed by atoms with van der Waals surface area (Å²) in [6.07, 6.45) is -13.4. The molecule has 21 N–H and O–H groups in total. The molecule has 0 aliphatic carbocycles. The maximum absolute atomic E-state index is 14.4. The smallest absolute Gasteiger partial charge is 0.404 e. The number of hydroxylamine groups is 1. The van der Waals surface area contributed by atoms with Crippen molar-refractivity contribution in [2.45, 2.75) is 250 Å². The number of Topliss-reactive ketones (excluding diaryl/α,β-unsaturated/α-hetero) is 1. The molecule has 3 fully saturated rings. The molecule has 0 aromatic heterocycles. The van der Waals surface area contributed by atoms with Gasteiger partial charge in [0.1, 0.15) is 73.3 Å². The summed E-state index contributed by atoms with van der Waals surface area (Å²) in [5, 5.41) is 104. The van der Waals surface area contributed by atoms with Crippen LogP contribution in [0.5, 0.6) is 0 Å². The van der Waals surface area contributed by atoms with E-state index in [0.29, 0.717) is 62.9 Å². The molecule has 2 unspecified atom stereocenters. The third-order valence-corrected chi connectivity index (χ3v) is 26.0. The summed E-state index contributed by atoms with van der Waals surface area (Å²) in [5.74, 6) is -3.39. The van der Waals surface area contributed by atoms with Gasteiger partial charge in [-0.1, -0.05) is 42.8 Å². The molecule has 5 heterocycles. The van der Waals surface area contributed by atoms with Gasteiger partial charge in [0.05, 0.1) is 94.5 Å². The number of allylic oxidation sites excluding steroid dienone is 6. The molecular formula is C85H132N9O38S3+. The van der Waals surface area contributed by atoms with Crippen molar-refractivity contribution in [1.29, 1.82) is 0 Å². The van der Waals surface area contributed by atoms with Crippen molar-refractivity contribution in [3.8, 4) is 0 Å². The number of ketones is 1. The van der Waals surface area contributed by atoms with Crippen LogP contribution in [-0.2, 0) is 127 Å². The van der Waals surface area contributed by atoms with Crippen molar-refractivity contribution in [3.63, 3.8) is 0 Å². The Balaban J connectivity index is 1.02. The summed E-state index contributed by atoms with van der Waals surface area (Å²) in [7, 11) is -13.1. The summed E-state index contributed by atoms with van der Waals surface area (Å²) in [6.45, 7) is 2.74. The number of nitrogens with one attached hydrogen (secondary N) is 5. The van der Waals surface area contributed by atoms with Gasteiger partial charge < -0.3 is 141 Å². The standard InChI is InChI=1S/C85H131N9O38S3/c1-83(2)57-49-55(135(118,119)120)23-24-59(57)93(63(83)20-6-4-7-21-64-84(3,29-11-14-47-133(112,113)114)56-18-9-10-19-58(56)94(64)37-13-15-48-134(115,116)117)36-12-5-8-22-65(100)88-33-28-68(103)91-85(30-25-54(99)17-16-38-121-41-44-125-79-74(108)76(131-81(86)110)71(105)61(51-96)129-79,31-26-66(101)89-34-39-122-42-45-124-78-73(107)69(92-127-53-98)70(104)60(50-95)128-78)32-27-67(102)90-35-40-123-43-46-126-80-75(109)77(132-82(87)111)72(106)62(52-97)130-80/h4,6-7,9-10,18-21,23-24,49,53,60-62,69-80,92,95-97,104-109H,5,8,11-17,22,25-48,50-52H2,1-3H3,(H10-,86,87,88,89,90,91,100,101,102,103,110,111,112,113,114,115,116,117,118,119,120)/p+1/t60-,61-,62-,69+,70-,71-,72-,73+,74+,75+,76+,77+,78+,79+,80+,84?,85?/m1/s1. The zero-order valence-electron chi connectivity index (χ0n) is 75.6. The fourth-order valence-electron chi connectivity index (χ4n) is 16.5. The highest BCUT2D eigenvalue weighted by Gasteiger charge is 2.51. The first-order chi connectivity index (χ1) is 64.0. The van der Waals surface area contributed by atoms with E-state index in [1.54, 1.807) is 12.1 Å². The number of aliphatic hydroxyl groups is 9. The molecule has 6 amide bonds. The van der Waals surface area contributed by atoms with E-state index in [9.17, 15) is 123 Å². The van der Waals surface area contributed by atoms with Crippen molar-refractivity contribution < 1.29 is 185 Å². The zero-order chi connectivity index (χ0) is 99.3. The van der Waals surface area contributed by atoms with E-state index in [2.05, 4.69) is 36.5 Å². The number of hydrogen-bond donors (Lipinski definition) is 19. The van der Waals surface area contributed by atoms with E-state index in [4.69, 9.17) is 63.6 Å². The lowest BCUT2D eigenvalue weighted by molar-refractivity contribution is -0.438. The van der Waals surface area contributed by atoms with Crippen molar-refractivity contribution in [1.82, 2.24) is 26.7 Å². The van der Waals surface area contributed by atoms with Crippen LogP contribution in [0.3, 0.4) is 0 Å². The number of amides is 6. The van der Waals surface area contributed by atoms with Crippen LogP contribution >= 0.6 is 0 Å². The summed E-state index contributed by atoms with van der Waals surface area (Å²) >= 11 is 0. The maximum Gasteiger partial charge on any atom is 0.404 e. The molecule has 0 bridgehead atoms. The highest BCUT2D eigenvalue weighted by molar-refractivity contribution is 7.86. The number of nitrogens with zero attached hydrogens (tertiary/aromatic N) is 2. The molecule has 5 aliphatic rings. The normalized spacial score (nSPS) is 25.3. The first-order valence-corrected chi connectivity index (χ1v) is 49.1. The van der Waals surface area contributed by atoms with Gasteiger partial charge in [-0.2, -0.15) is 29.8 Å². The van der Waals surface area contributed by atoms with E-state index in [-0.39, 0.29) is 173 Å². The number of benzene rings is 2. The Morgan fingerprint density at radius 2 is 1.05 bits per heavy atom. The second-order valence-electron chi connectivity index (χ2n) is 33.7. The van der Waals surface area contributed by atoms with Crippen LogP contribution in [0.25, 0.3) is 0 Å². The van der Waals surface area contributed by atoms with Gasteiger partial charge in [-0.3, -0.25) is 42.4 Å². The Morgan fingerprint density at radius 1 is 0.533 bits per heavy atom. The quantitative estimate of drug-likeness (QED) is 0.00651. The fourth-order valence-corrected chi connectivity index (χ4v) is 18.1. The number of ether oxygens (including phenoxy) is 11. The van der Waals surface area contributed by atoms with Gasteiger partial charge in [0, 0.05) is 118 Å². The van der Waals surface area contributed by atoms with Gasteiger partial charge in [0.2, 0.25) is 29.3 Å². The van der Waals surface area contributed by atoms with E-state index >= 15 is 0 Å². The SMILES string of the molecule is CC1(C)C(C=CC=CC=C2N(CCCCS(=O)(=O)O)c3ccccc3C2(C)CCCCS(=O)(=O)O)=[N+](CCCCCC(=O)NCCC(=O)NC(CCC(=O)CCCOCCO[C@H]2O[C@H](CO)[C@@H](O)[C@H](OC(N)=O)[C@@H]2O)(CCC(=O)NCCOCCO[C@H]2O[C@H](CO)[C@@H](O)[C@H](NOC=O)[C@@H]2O)CCC(=O)NCCOCCO[C@H]2O[C@H](CO)[C@@H](O)[C@H](OC(N)=O)[C@@H]2O)c2ccc(S(=O)(=O)O)cc21. The maximum atomic E-state index is 14.4. The molecule has 135 heavy (non-hydrogen) atoms. The van der Waals surface area contributed by atoms with Crippen molar-refractivity contribution >= 4 is 95.5 Å². The largest absolute Gasteiger partial charge is 0.441 e. The minimum Gasteiger partial charge on any atom is -0.441 e. The van der Waals surface area contributed by atoms with Crippen LogP contribution in [-0.4, -0.2) is 364 Å².